The topological polar surface area (TPSA) is 69.4 Å². The van der Waals surface area contributed by atoms with Gasteiger partial charge in [0.25, 0.3) is 0 Å². The van der Waals surface area contributed by atoms with E-state index in [0.29, 0.717) is 5.75 Å². The monoisotopic (exact) mass is 263 g/mol. The Kier molecular flexibility index (Phi) is 4.18. The summed E-state index contributed by atoms with van der Waals surface area (Å²) in [5.41, 5.74) is 5.35. The molecule has 16 heavy (non-hydrogen) atoms. The Morgan fingerprint density at radius 2 is 2.12 bits per heavy atom. The first kappa shape index (κ1) is 13.3. The van der Waals surface area contributed by atoms with E-state index < -0.39 is 15.1 Å². The fourth-order valence-electron chi connectivity index (χ4n) is 1.18. The lowest BCUT2D eigenvalue weighted by Gasteiger charge is -2.11. The van der Waals surface area contributed by atoms with Gasteiger partial charge in [-0.15, -0.1) is 0 Å². The Morgan fingerprint density at radius 1 is 1.50 bits per heavy atom. The Morgan fingerprint density at radius 3 is 2.56 bits per heavy atom. The van der Waals surface area contributed by atoms with Crippen molar-refractivity contribution < 1.29 is 13.2 Å². The Balaban J connectivity index is 3.21. The predicted molar refractivity (Wildman–Crippen MR) is 63.7 cm³/mol. The van der Waals surface area contributed by atoms with E-state index in [1.54, 1.807) is 6.92 Å². The zero-order chi connectivity index (χ0) is 12.3. The van der Waals surface area contributed by atoms with Crippen molar-refractivity contribution in [2.45, 2.75) is 17.1 Å². The average molecular weight is 264 g/mol. The summed E-state index contributed by atoms with van der Waals surface area (Å²) in [6.45, 7) is 1.64. The maximum Gasteiger partial charge on any atom is 0.182 e. The standard InChI is InChI=1S/C10H14ClNO3S/c1-7(6-12)16(13,14)8-3-4-10(15-2)9(11)5-8/h3-5,7H,6,12H2,1-2H3. The number of benzene rings is 1. The highest BCUT2D eigenvalue weighted by molar-refractivity contribution is 7.92. The third-order valence-electron chi connectivity index (χ3n) is 2.31. The van der Waals surface area contributed by atoms with Crippen molar-refractivity contribution in [1.82, 2.24) is 0 Å². The minimum Gasteiger partial charge on any atom is -0.495 e. The normalized spacial score (nSPS) is 13.5. The number of nitrogens with two attached hydrogens (primary N) is 1. The fourth-order valence-corrected chi connectivity index (χ4v) is 2.76. The van der Waals surface area contributed by atoms with Crippen LogP contribution in [0.2, 0.25) is 5.02 Å². The molecule has 1 atom stereocenters. The molecule has 0 amide bonds. The summed E-state index contributed by atoms with van der Waals surface area (Å²) in [5, 5.41) is -0.357. The molecule has 1 aromatic carbocycles. The summed E-state index contributed by atoms with van der Waals surface area (Å²) in [6, 6.07) is 4.37. The van der Waals surface area contributed by atoms with Crippen LogP contribution in [0.1, 0.15) is 6.92 Å². The van der Waals surface area contributed by atoms with E-state index in [4.69, 9.17) is 22.1 Å². The lowest BCUT2D eigenvalue weighted by atomic mass is 10.3. The van der Waals surface area contributed by atoms with Gasteiger partial charge < -0.3 is 10.5 Å². The van der Waals surface area contributed by atoms with E-state index in [1.165, 1.54) is 25.3 Å². The summed E-state index contributed by atoms with van der Waals surface area (Å²) < 4.78 is 28.8. The minimum absolute atomic E-state index is 0.0754. The van der Waals surface area contributed by atoms with Crippen LogP contribution in [-0.2, 0) is 9.84 Å². The second-order valence-corrected chi connectivity index (χ2v) is 6.16. The first-order valence-electron chi connectivity index (χ1n) is 4.71. The number of hydrogen-bond acceptors (Lipinski definition) is 4. The van der Waals surface area contributed by atoms with Crippen LogP contribution in [0, 0.1) is 0 Å². The molecule has 0 aliphatic rings. The molecule has 0 saturated heterocycles. The smallest absolute Gasteiger partial charge is 0.182 e. The summed E-state index contributed by atoms with van der Waals surface area (Å²) in [5.74, 6) is 0.445. The molecule has 2 N–H and O–H groups in total. The van der Waals surface area contributed by atoms with Crippen LogP contribution >= 0.6 is 11.6 Å². The maximum absolute atomic E-state index is 11.9. The second kappa shape index (κ2) is 5.03. The second-order valence-electron chi connectivity index (χ2n) is 3.39. The first-order valence-corrected chi connectivity index (χ1v) is 6.63. The highest BCUT2D eigenvalue weighted by atomic mass is 35.5. The van der Waals surface area contributed by atoms with Crippen molar-refractivity contribution in [3.8, 4) is 5.75 Å². The molecule has 0 saturated carbocycles. The van der Waals surface area contributed by atoms with Crippen LogP contribution in [0.15, 0.2) is 23.1 Å². The zero-order valence-electron chi connectivity index (χ0n) is 9.10. The van der Waals surface area contributed by atoms with E-state index in [1.807, 2.05) is 0 Å². The van der Waals surface area contributed by atoms with Crippen molar-refractivity contribution in [2.24, 2.45) is 5.73 Å². The highest BCUT2D eigenvalue weighted by Gasteiger charge is 2.22. The van der Waals surface area contributed by atoms with Crippen LogP contribution < -0.4 is 10.5 Å². The molecule has 0 radical (unpaired) electrons. The molecule has 6 heteroatoms. The molecule has 1 aromatic rings. The van der Waals surface area contributed by atoms with Crippen LogP contribution in [0.25, 0.3) is 0 Å². The molecule has 0 aliphatic heterocycles. The summed E-state index contributed by atoms with van der Waals surface area (Å²) >= 11 is 5.86. The molecular weight excluding hydrogens is 250 g/mol. The van der Waals surface area contributed by atoms with Gasteiger partial charge in [-0.25, -0.2) is 8.42 Å². The van der Waals surface area contributed by atoms with Gasteiger partial charge in [-0.2, -0.15) is 0 Å². The largest absolute Gasteiger partial charge is 0.495 e. The van der Waals surface area contributed by atoms with Gasteiger partial charge in [-0.1, -0.05) is 11.6 Å². The molecule has 0 fully saturated rings. The van der Waals surface area contributed by atoms with Gasteiger partial charge in [0.1, 0.15) is 5.75 Å². The van der Waals surface area contributed by atoms with Crippen LogP contribution in [0.3, 0.4) is 0 Å². The molecule has 1 rings (SSSR count). The number of sulfone groups is 1. The number of ether oxygens (including phenoxy) is 1. The van der Waals surface area contributed by atoms with E-state index in [2.05, 4.69) is 0 Å². The van der Waals surface area contributed by atoms with Crippen molar-refractivity contribution in [1.29, 1.82) is 0 Å². The third kappa shape index (κ3) is 2.48. The van der Waals surface area contributed by atoms with Gasteiger partial charge in [0, 0.05) is 6.54 Å². The van der Waals surface area contributed by atoms with Crippen LogP contribution in [0.4, 0.5) is 0 Å². The number of hydrogen-bond donors (Lipinski definition) is 1. The van der Waals surface area contributed by atoms with Gasteiger partial charge in [-0.3, -0.25) is 0 Å². The number of methoxy groups -OCH3 is 1. The Bertz CT molecular complexity index is 473. The molecule has 4 nitrogen and oxygen atoms in total. The number of rotatable bonds is 4. The SMILES string of the molecule is COc1ccc(S(=O)(=O)C(C)CN)cc1Cl. The van der Waals surface area contributed by atoms with E-state index in [9.17, 15) is 8.42 Å². The summed E-state index contributed by atoms with van der Waals surface area (Å²) in [6.07, 6.45) is 0. The lowest BCUT2D eigenvalue weighted by molar-refractivity contribution is 0.414. The average Bonchev–Trinajstić information content (AvgIpc) is 2.27. The molecule has 90 valence electrons. The van der Waals surface area contributed by atoms with E-state index in [0.717, 1.165) is 0 Å². The van der Waals surface area contributed by atoms with E-state index >= 15 is 0 Å². The predicted octanol–water partition coefficient (Wildman–Crippen LogP) is 1.47. The van der Waals surface area contributed by atoms with Gasteiger partial charge in [0.2, 0.25) is 0 Å². The molecule has 0 heterocycles. The quantitative estimate of drug-likeness (QED) is 0.893. The van der Waals surface area contributed by atoms with Crippen molar-refractivity contribution >= 4 is 21.4 Å². The van der Waals surface area contributed by atoms with Crippen molar-refractivity contribution in [3.63, 3.8) is 0 Å². The van der Waals surface area contributed by atoms with Gasteiger partial charge in [-0.05, 0) is 25.1 Å². The van der Waals surface area contributed by atoms with Crippen molar-refractivity contribution in [3.05, 3.63) is 23.2 Å². The highest BCUT2D eigenvalue weighted by Crippen LogP contribution is 2.28. The molecule has 0 aromatic heterocycles. The first-order chi connectivity index (χ1) is 7.43. The van der Waals surface area contributed by atoms with Gasteiger partial charge in [0.15, 0.2) is 9.84 Å². The molecular formula is C10H14ClNO3S. The maximum atomic E-state index is 11.9. The van der Waals surface area contributed by atoms with Gasteiger partial charge in [0.05, 0.1) is 22.3 Å². The van der Waals surface area contributed by atoms with Crippen LogP contribution in [0.5, 0.6) is 5.75 Å². The summed E-state index contributed by atoms with van der Waals surface area (Å²) in [7, 11) is -1.93. The lowest BCUT2D eigenvalue weighted by Crippen LogP contribution is -2.26. The van der Waals surface area contributed by atoms with Gasteiger partial charge >= 0.3 is 0 Å². The zero-order valence-corrected chi connectivity index (χ0v) is 10.7. The molecule has 0 spiro atoms. The fraction of sp³-hybridized carbons (Fsp3) is 0.400. The Labute approximate surface area is 100 Å². The molecule has 1 unspecified atom stereocenters. The minimum atomic E-state index is -3.40. The Hall–Kier alpha value is -0.780. The van der Waals surface area contributed by atoms with Crippen LogP contribution in [-0.4, -0.2) is 27.3 Å². The van der Waals surface area contributed by atoms with Crippen molar-refractivity contribution in [2.75, 3.05) is 13.7 Å². The number of halogens is 1. The van der Waals surface area contributed by atoms with E-state index in [-0.39, 0.29) is 16.5 Å². The third-order valence-corrected chi connectivity index (χ3v) is 4.77. The molecule has 0 aliphatic carbocycles. The molecule has 0 bridgehead atoms. The summed E-state index contributed by atoms with van der Waals surface area (Å²) in [4.78, 5) is 0.163.